The highest BCUT2D eigenvalue weighted by molar-refractivity contribution is 6.40. The van der Waals surface area contributed by atoms with Crippen LogP contribution in [0.3, 0.4) is 0 Å². The molecular formula is C20H33BCl2N2O5. The van der Waals surface area contributed by atoms with Gasteiger partial charge in [-0.15, -0.1) is 24.8 Å². The first kappa shape index (κ1) is 28.7. The number of methoxy groups -OCH3 is 1. The molecule has 1 aromatic rings. The van der Waals surface area contributed by atoms with E-state index in [1.165, 1.54) is 11.1 Å². The maximum Gasteiger partial charge on any atom is 0.451 e. The molecular weight excluding hydrogens is 430 g/mol. The fourth-order valence-corrected chi connectivity index (χ4v) is 3.45. The molecule has 7 nitrogen and oxygen atoms in total. The molecule has 0 radical (unpaired) electrons. The van der Waals surface area contributed by atoms with Gasteiger partial charge in [0.2, 0.25) is 0 Å². The second kappa shape index (κ2) is 13.9. The van der Waals surface area contributed by atoms with E-state index >= 15 is 0 Å². The molecule has 0 fully saturated rings. The number of benzene rings is 1. The lowest BCUT2D eigenvalue weighted by Crippen LogP contribution is -2.50. The van der Waals surface area contributed by atoms with Crippen LogP contribution in [-0.2, 0) is 4.79 Å². The lowest BCUT2D eigenvalue weighted by atomic mass is 9.81. The third-order valence-corrected chi connectivity index (χ3v) is 5.39. The molecule has 1 aliphatic heterocycles. The van der Waals surface area contributed by atoms with Crippen LogP contribution in [0, 0.1) is 0 Å². The van der Waals surface area contributed by atoms with Gasteiger partial charge in [-0.3, -0.25) is 9.69 Å². The van der Waals surface area contributed by atoms with E-state index in [1.807, 2.05) is 12.1 Å². The first-order chi connectivity index (χ1) is 13.3. The van der Waals surface area contributed by atoms with Crippen molar-refractivity contribution in [3.63, 3.8) is 0 Å². The number of carboxylic acid groups (broad SMARTS) is 1. The van der Waals surface area contributed by atoms with Crippen molar-refractivity contribution in [2.75, 3.05) is 26.7 Å². The molecule has 0 amide bonds. The smallest absolute Gasteiger partial charge is 0.451 e. The van der Waals surface area contributed by atoms with Crippen LogP contribution in [0.15, 0.2) is 30.3 Å². The molecule has 170 valence electrons. The molecule has 30 heavy (non-hydrogen) atoms. The highest BCUT2D eigenvalue weighted by Crippen LogP contribution is 2.25. The summed E-state index contributed by atoms with van der Waals surface area (Å²) in [4.78, 5) is 13.9. The van der Waals surface area contributed by atoms with Crippen LogP contribution >= 0.6 is 24.8 Å². The lowest BCUT2D eigenvalue weighted by molar-refractivity contribution is -0.144. The minimum atomic E-state index is -1.35. The Balaban J connectivity index is 0.00000420. The van der Waals surface area contributed by atoms with Gasteiger partial charge in [-0.05, 0) is 48.9 Å². The number of carboxylic acids is 1. The van der Waals surface area contributed by atoms with Crippen LogP contribution in [0.2, 0.25) is 6.32 Å². The maximum absolute atomic E-state index is 11.6. The zero-order valence-corrected chi connectivity index (χ0v) is 19.0. The van der Waals surface area contributed by atoms with Gasteiger partial charge in [0.1, 0.15) is 11.3 Å². The third kappa shape index (κ3) is 8.84. The Bertz CT molecular complexity index is 676. The van der Waals surface area contributed by atoms with Crippen molar-refractivity contribution in [2.45, 2.75) is 44.0 Å². The second-order valence-corrected chi connectivity index (χ2v) is 7.45. The molecule has 1 unspecified atom stereocenters. The van der Waals surface area contributed by atoms with Gasteiger partial charge >= 0.3 is 13.1 Å². The molecule has 1 aliphatic rings. The molecule has 0 aliphatic carbocycles. The van der Waals surface area contributed by atoms with Crippen LogP contribution in [-0.4, -0.2) is 65.4 Å². The number of rotatable bonds is 11. The van der Waals surface area contributed by atoms with E-state index < -0.39 is 18.6 Å². The molecule has 0 spiro atoms. The van der Waals surface area contributed by atoms with Gasteiger partial charge in [-0.2, -0.15) is 0 Å². The predicted molar refractivity (Wildman–Crippen MR) is 125 cm³/mol. The van der Waals surface area contributed by atoms with E-state index in [0.29, 0.717) is 32.2 Å². The first-order valence-corrected chi connectivity index (χ1v) is 9.78. The van der Waals surface area contributed by atoms with Gasteiger partial charge in [0.25, 0.3) is 0 Å². The fraction of sp³-hybridized carbons (Fsp3) is 0.550. The number of hydrogen-bond donors (Lipinski definition) is 4. The number of nitrogens with zero attached hydrogens (tertiary/aromatic N) is 1. The number of carbonyl (C=O) groups is 1. The topological polar surface area (TPSA) is 116 Å². The van der Waals surface area contributed by atoms with Crippen molar-refractivity contribution >= 4 is 43.5 Å². The normalized spacial score (nSPS) is 15.8. The third-order valence-electron chi connectivity index (χ3n) is 5.39. The van der Waals surface area contributed by atoms with Crippen LogP contribution < -0.4 is 10.5 Å². The van der Waals surface area contributed by atoms with Gasteiger partial charge in [0.05, 0.1) is 7.11 Å². The number of unbranched alkanes of at least 4 members (excludes halogenated alkanes) is 1. The van der Waals surface area contributed by atoms with E-state index in [-0.39, 0.29) is 31.1 Å². The summed E-state index contributed by atoms with van der Waals surface area (Å²) in [6, 6.07) is 8.01. The van der Waals surface area contributed by atoms with Gasteiger partial charge in [-0.25, -0.2) is 0 Å². The molecule has 1 atom stereocenters. The summed E-state index contributed by atoms with van der Waals surface area (Å²) in [6.07, 6.45) is 5.13. The van der Waals surface area contributed by atoms with Crippen LogP contribution in [0.25, 0.3) is 5.57 Å². The highest BCUT2D eigenvalue weighted by Gasteiger charge is 2.33. The Morgan fingerprint density at radius 2 is 1.87 bits per heavy atom. The van der Waals surface area contributed by atoms with Gasteiger partial charge < -0.3 is 25.6 Å². The largest absolute Gasteiger partial charge is 0.497 e. The second-order valence-electron chi connectivity index (χ2n) is 7.45. The van der Waals surface area contributed by atoms with Crippen LogP contribution in [0.4, 0.5) is 0 Å². The van der Waals surface area contributed by atoms with Gasteiger partial charge in [0.15, 0.2) is 0 Å². The minimum absolute atomic E-state index is 0. The lowest BCUT2D eigenvalue weighted by Gasteiger charge is -2.31. The molecule has 1 aromatic carbocycles. The van der Waals surface area contributed by atoms with Gasteiger partial charge in [-0.1, -0.05) is 31.1 Å². The monoisotopic (exact) mass is 462 g/mol. The number of ether oxygens (including phenoxy) is 1. The SMILES string of the molecule is COc1ccc(C2=CCN(CCC(N)(CCCCB(O)O)C(=O)O)CC2)cc1.Cl.Cl. The summed E-state index contributed by atoms with van der Waals surface area (Å²) < 4.78 is 5.19. The number of aliphatic carboxylic acids is 1. The van der Waals surface area contributed by atoms with Crippen molar-refractivity contribution in [1.29, 1.82) is 0 Å². The van der Waals surface area contributed by atoms with Crippen molar-refractivity contribution in [1.82, 2.24) is 4.90 Å². The molecule has 5 N–H and O–H groups in total. The number of nitrogens with two attached hydrogens (primary N) is 1. The van der Waals surface area contributed by atoms with Crippen molar-refractivity contribution in [2.24, 2.45) is 5.73 Å². The van der Waals surface area contributed by atoms with Crippen LogP contribution in [0.1, 0.15) is 37.7 Å². The summed E-state index contributed by atoms with van der Waals surface area (Å²) in [5.41, 5.74) is 7.34. The van der Waals surface area contributed by atoms with E-state index in [4.69, 9.17) is 20.5 Å². The van der Waals surface area contributed by atoms with E-state index in [0.717, 1.165) is 25.3 Å². The summed E-state index contributed by atoms with van der Waals surface area (Å²) in [7, 11) is 0.300. The molecule has 0 bridgehead atoms. The molecule has 0 saturated heterocycles. The molecule has 2 rings (SSSR count). The summed E-state index contributed by atoms with van der Waals surface area (Å²) in [6.45, 7) is 2.26. The highest BCUT2D eigenvalue weighted by atomic mass is 35.5. The van der Waals surface area contributed by atoms with E-state index in [1.54, 1.807) is 7.11 Å². The molecule has 0 aromatic heterocycles. The summed E-state index contributed by atoms with van der Waals surface area (Å²) in [5.74, 6) is -0.160. The Kier molecular flexibility index (Phi) is 13.3. The summed E-state index contributed by atoms with van der Waals surface area (Å²) in [5, 5.41) is 27.3. The molecule has 0 saturated carbocycles. The van der Waals surface area contributed by atoms with Gasteiger partial charge in [0, 0.05) is 19.6 Å². The molecule has 10 heteroatoms. The predicted octanol–water partition coefficient (Wildman–Crippen LogP) is 2.44. The number of halogens is 2. The Labute approximate surface area is 191 Å². The van der Waals surface area contributed by atoms with Crippen molar-refractivity contribution in [3.05, 3.63) is 35.9 Å². The maximum atomic E-state index is 11.6. The fourth-order valence-electron chi connectivity index (χ4n) is 3.45. The minimum Gasteiger partial charge on any atom is -0.497 e. The van der Waals surface area contributed by atoms with Crippen molar-refractivity contribution in [3.8, 4) is 5.75 Å². The summed E-state index contributed by atoms with van der Waals surface area (Å²) >= 11 is 0. The zero-order valence-electron chi connectivity index (χ0n) is 17.3. The quantitative estimate of drug-likeness (QED) is 0.294. The van der Waals surface area contributed by atoms with E-state index in [2.05, 4.69) is 23.1 Å². The standard InChI is InChI=1S/C20H31BN2O5.2ClH/c1-28-18-6-4-16(5-7-18)17-8-13-23(14-9-17)15-11-20(22,19(24)25)10-2-3-12-21(26)27;;/h4-8,26-27H,2-3,9-15,22H2,1H3,(H,24,25);2*1H. The first-order valence-electron chi connectivity index (χ1n) is 9.78. The Morgan fingerprint density at radius 1 is 1.20 bits per heavy atom. The van der Waals surface area contributed by atoms with Crippen LogP contribution in [0.5, 0.6) is 5.75 Å². The average Bonchev–Trinajstić information content (AvgIpc) is 2.70. The average molecular weight is 463 g/mol. The van der Waals surface area contributed by atoms with E-state index in [9.17, 15) is 9.90 Å². The Hall–Kier alpha value is -1.29. The zero-order chi connectivity index (χ0) is 20.6. The van der Waals surface area contributed by atoms with Crippen molar-refractivity contribution < 1.29 is 24.7 Å². The Morgan fingerprint density at radius 3 is 2.37 bits per heavy atom. The molecule has 1 heterocycles. The number of hydrogen-bond acceptors (Lipinski definition) is 6.